The van der Waals surface area contributed by atoms with Gasteiger partial charge in [0.2, 0.25) is 0 Å². The maximum Gasteiger partial charge on any atom is 0.336 e. The normalized spacial score (nSPS) is 17.0. The molecule has 0 aromatic heterocycles. The molecule has 1 aromatic rings. The number of methoxy groups -OCH3 is 2. The Bertz CT molecular complexity index is 811. The third kappa shape index (κ3) is 3.90. The Balaban J connectivity index is 2.76. The number of nitriles is 1. The summed E-state index contributed by atoms with van der Waals surface area (Å²) in [6.07, 6.45) is 1.41. The monoisotopic (exact) mass is 378 g/mol. The molecular weight excluding hydrogens is 359 g/mol. The lowest BCUT2D eigenvalue weighted by molar-refractivity contribution is -0.136. The van der Waals surface area contributed by atoms with Gasteiger partial charge in [-0.15, -0.1) is 0 Å². The first-order valence-corrected chi connectivity index (χ1v) is 8.51. The molecule has 0 spiro atoms. The summed E-state index contributed by atoms with van der Waals surface area (Å²) in [5, 5.41) is 13.1. The van der Waals surface area contributed by atoms with Crippen molar-refractivity contribution >= 4 is 17.6 Å². The number of rotatable bonds is 6. The average Bonchev–Trinajstić information content (AvgIpc) is 2.61. The summed E-state index contributed by atoms with van der Waals surface area (Å²) in [6, 6.07) is 6.09. The maximum atomic E-state index is 13.5. The van der Waals surface area contributed by atoms with Crippen LogP contribution in [0.4, 0.5) is 4.39 Å². The Kier molecular flexibility index (Phi) is 6.78. The number of benzene rings is 1. The zero-order valence-electron chi connectivity index (χ0n) is 14.9. The van der Waals surface area contributed by atoms with Crippen LogP contribution in [0.5, 0.6) is 0 Å². The number of hydrogen-bond acceptors (Lipinski definition) is 5. The predicted molar refractivity (Wildman–Crippen MR) is 95.8 cm³/mol. The second kappa shape index (κ2) is 8.84. The van der Waals surface area contributed by atoms with Crippen molar-refractivity contribution in [1.82, 2.24) is 5.32 Å². The van der Waals surface area contributed by atoms with Gasteiger partial charge in [0.1, 0.15) is 5.82 Å². The standard InChI is InChI=1S/C19H20ClFN2O3/c1-4-5-15-13(9-22)17(12-7-6-11(21)8-14(12)20)18(19(24)26-3)16(23-15)10-25-2/h6-8,17,23H,4-5,10H2,1-3H3. The Morgan fingerprint density at radius 1 is 1.38 bits per heavy atom. The van der Waals surface area contributed by atoms with Gasteiger partial charge in [0.25, 0.3) is 0 Å². The summed E-state index contributed by atoms with van der Waals surface area (Å²) >= 11 is 6.25. The highest BCUT2D eigenvalue weighted by Crippen LogP contribution is 2.42. The van der Waals surface area contributed by atoms with Crippen LogP contribution in [0, 0.1) is 17.1 Å². The summed E-state index contributed by atoms with van der Waals surface area (Å²) in [5.74, 6) is -1.85. The van der Waals surface area contributed by atoms with Crippen molar-refractivity contribution < 1.29 is 18.7 Å². The Labute approximate surface area is 157 Å². The number of nitrogens with zero attached hydrogens (tertiary/aromatic N) is 1. The fraction of sp³-hybridized carbons (Fsp3) is 0.368. The minimum absolute atomic E-state index is 0.131. The SMILES string of the molecule is CCCC1=C(C#N)C(c2ccc(F)cc2Cl)C(C(=O)OC)=C(COC)N1. The molecule has 7 heteroatoms. The van der Waals surface area contributed by atoms with Gasteiger partial charge in [0, 0.05) is 17.8 Å². The quantitative estimate of drug-likeness (QED) is 0.762. The van der Waals surface area contributed by atoms with Crippen LogP contribution in [-0.4, -0.2) is 26.8 Å². The fourth-order valence-corrected chi connectivity index (χ4v) is 3.32. The van der Waals surface area contributed by atoms with Gasteiger partial charge >= 0.3 is 5.97 Å². The van der Waals surface area contributed by atoms with Gasteiger partial charge in [-0.25, -0.2) is 9.18 Å². The van der Waals surface area contributed by atoms with Crippen molar-refractivity contribution in [2.24, 2.45) is 0 Å². The zero-order chi connectivity index (χ0) is 19.3. The Morgan fingerprint density at radius 2 is 2.12 bits per heavy atom. The molecule has 0 saturated heterocycles. The second-order valence-corrected chi connectivity index (χ2v) is 6.20. The van der Waals surface area contributed by atoms with E-state index in [0.29, 0.717) is 29.0 Å². The molecule has 0 aliphatic carbocycles. The summed E-state index contributed by atoms with van der Waals surface area (Å²) < 4.78 is 23.6. The van der Waals surface area contributed by atoms with Gasteiger partial charge in [-0.1, -0.05) is 31.0 Å². The number of carbonyl (C=O) groups is 1. The van der Waals surface area contributed by atoms with Crippen LogP contribution in [0.15, 0.2) is 40.7 Å². The van der Waals surface area contributed by atoms with E-state index in [4.69, 9.17) is 21.1 Å². The zero-order valence-corrected chi connectivity index (χ0v) is 15.6. The average molecular weight is 379 g/mol. The van der Waals surface area contributed by atoms with Gasteiger partial charge < -0.3 is 14.8 Å². The Hall–Kier alpha value is -2.36. The number of halogens is 2. The first-order valence-electron chi connectivity index (χ1n) is 8.13. The minimum atomic E-state index is -0.756. The third-order valence-corrected chi connectivity index (χ3v) is 4.44. The molecule has 0 bridgehead atoms. The van der Waals surface area contributed by atoms with Gasteiger partial charge in [0.05, 0.1) is 42.5 Å². The molecule has 138 valence electrons. The van der Waals surface area contributed by atoms with Crippen molar-refractivity contribution in [3.05, 3.63) is 57.1 Å². The predicted octanol–water partition coefficient (Wildman–Crippen LogP) is 3.82. The lowest BCUT2D eigenvalue weighted by atomic mass is 9.80. The molecule has 5 nitrogen and oxygen atoms in total. The van der Waals surface area contributed by atoms with Crippen LogP contribution in [0.3, 0.4) is 0 Å². The van der Waals surface area contributed by atoms with E-state index in [0.717, 1.165) is 12.5 Å². The molecule has 1 N–H and O–H groups in total. The van der Waals surface area contributed by atoms with E-state index < -0.39 is 17.7 Å². The number of hydrogen-bond donors (Lipinski definition) is 1. The van der Waals surface area contributed by atoms with E-state index >= 15 is 0 Å². The minimum Gasteiger partial charge on any atom is -0.466 e. The summed E-state index contributed by atoms with van der Waals surface area (Å²) in [6.45, 7) is 2.12. The summed E-state index contributed by atoms with van der Waals surface area (Å²) in [5.41, 5.74) is 2.26. The highest BCUT2D eigenvalue weighted by molar-refractivity contribution is 6.31. The van der Waals surface area contributed by atoms with Crippen LogP contribution in [0.2, 0.25) is 5.02 Å². The van der Waals surface area contributed by atoms with Gasteiger partial charge in [-0.2, -0.15) is 5.26 Å². The highest BCUT2D eigenvalue weighted by atomic mass is 35.5. The Morgan fingerprint density at radius 3 is 2.65 bits per heavy atom. The largest absolute Gasteiger partial charge is 0.466 e. The van der Waals surface area contributed by atoms with Gasteiger partial charge in [-0.3, -0.25) is 0 Å². The van der Waals surface area contributed by atoms with Crippen LogP contribution in [0.1, 0.15) is 31.2 Å². The number of ether oxygens (including phenoxy) is 2. The molecular formula is C19H20ClFN2O3. The van der Waals surface area contributed by atoms with E-state index in [1.165, 1.54) is 26.4 Å². The molecule has 1 unspecified atom stereocenters. The highest BCUT2D eigenvalue weighted by Gasteiger charge is 2.37. The molecule has 26 heavy (non-hydrogen) atoms. The van der Waals surface area contributed by atoms with E-state index in [1.807, 2.05) is 6.92 Å². The van der Waals surface area contributed by atoms with Crippen LogP contribution >= 0.6 is 11.6 Å². The lowest BCUT2D eigenvalue weighted by Gasteiger charge is -2.31. The first kappa shape index (κ1) is 20.0. The van der Waals surface area contributed by atoms with Crippen molar-refractivity contribution in [2.45, 2.75) is 25.7 Å². The van der Waals surface area contributed by atoms with E-state index in [1.54, 1.807) is 0 Å². The molecule has 1 heterocycles. The molecule has 0 saturated carbocycles. The van der Waals surface area contributed by atoms with E-state index in [-0.39, 0.29) is 17.2 Å². The summed E-state index contributed by atoms with van der Waals surface area (Å²) in [7, 11) is 2.77. The molecule has 0 fully saturated rings. The van der Waals surface area contributed by atoms with E-state index in [2.05, 4.69) is 11.4 Å². The number of allylic oxidation sites excluding steroid dienone is 2. The molecule has 1 aromatic carbocycles. The molecule has 1 atom stereocenters. The topological polar surface area (TPSA) is 71.4 Å². The van der Waals surface area contributed by atoms with Crippen molar-refractivity contribution in [3.63, 3.8) is 0 Å². The van der Waals surface area contributed by atoms with Crippen molar-refractivity contribution in [3.8, 4) is 6.07 Å². The molecule has 1 aliphatic rings. The van der Waals surface area contributed by atoms with Crippen molar-refractivity contribution in [2.75, 3.05) is 20.8 Å². The molecule has 0 amide bonds. The molecule has 1 aliphatic heterocycles. The number of dihydropyridines is 1. The third-order valence-electron chi connectivity index (χ3n) is 4.12. The van der Waals surface area contributed by atoms with Crippen molar-refractivity contribution in [1.29, 1.82) is 5.26 Å². The number of nitrogens with one attached hydrogen (secondary N) is 1. The first-order chi connectivity index (χ1) is 12.5. The van der Waals surface area contributed by atoms with Crippen LogP contribution < -0.4 is 5.32 Å². The lowest BCUT2D eigenvalue weighted by Crippen LogP contribution is -2.32. The maximum absolute atomic E-state index is 13.5. The number of esters is 1. The smallest absolute Gasteiger partial charge is 0.336 e. The fourth-order valence-electron chi connectivity index (χ4n) is 3.04. The summed E-state index contributed by atoms with van der Waals surface area (Å²) in [4.78, 5) is 12.5. The number of carbonyl (C=O) groups excluding carboxylic acids is 1. The van der Waals surface area contributed by atoms with E-state index in [9.17, 15) is 14.4 Å². The van der Waals surface area contributed by atoms with Crippen LogP contribution in [0.25, 0.3) is 0 Å². The molecule has 2 rings (SSSR count). The molecule has 0 radical (unpaired) electrons. The van der Waals surface area contributed by atoms with Crippen LogP contribution in [-0.2, 0) is 14.3 Å². The second-order valence-electron chi connectivity index (χ2n) is 5.79. The van der Waals surface area contributed by atoms with Gasteiger partial charge in [0.15, 0.2) is 0 Å². The van der Waals surface area contributed by atoms with Gasteiger partial charge in [-0.05, 0) is 24.1 Å².